The molecule has 5 N–H and O–H groups in total. The molecule has 0 saturated heterocycles. The molecule has 0 radical (unpaired) electrons. The van der Waals surface area contributed by atoms with Gasteiger partial charge in [0.1, 0.15) is 0 Å². The highest BCUT2D eigenvalue weighted by Gasteiger charge is 1.98. The first-order chi connectivity index (χ1) is 7.97. The van der Waals surface area contributed by atoms with Gasteiger partial charge in [0.05, 0.1) is 12.2 Å². The van der Waals surface area contributed by atoms with Crippen molar-refractivity contribution in [3.63, 3.8) is 0 Å². The number of hydrogen-bond donors (Lipinski definition) is 3. The van der Waals surface area contributed by atoms with Gasteiger partial charge in [0, 0.05) is 26.3 Å². The Morgan fingerprint density at radius 3 is 1.94 bits per heavy atom. The van der Waals surface area contributed by atoms with Crippen LogP contribution in [-0.2, 0) is 9.47 Å². The molecule has 0 saturated carbocycles. The highest BCUT2D eigenvalue weighted by molar-refractivity contribution is 7.80. The summed E-state index contributed by atoms with van der Waals surface area (Å²) in [6.45, 7) is 10.6. The van der Waals surface area contributed by atoms with Gasteiger partial charge in [-0.25, -0.2) is 0 Å². The molecule has 17 heavy (non-hydrogen) atoms. The van der Waals surface area contributed by atoms with Gasteiger partial charge in [-0.05, 0) is 39.9 Å². The van der Waals surface area contributed by atoms with Crippen molar-refractivity contribution in [2.75, 3.05) is 26.3 Å². The zero-order chi connectivity index (χ0) is 13.7. The number of ether oxygens (including phenoxy) is 2. The second-order valence-electron chi connectivity index (χ2n) is 3.51. The molecule has 0 heterocycles. The molecule has 0 rings (SSSR count). The number of rotatable bonds is 7. The summed E-state index contributed by atoms with van der Waals surface area (Å²) < 4.78 is 10.3. The van der Waals surface area contributed by atoms with E-state index in [0.29, 0.717) is 18.2 Å². The van der Waals surface area contributed by atoms with Gasteiger partial charge in [-0.1, -0.05) is 0 Å². The van der Waals surface area contributed by atoms with Crippen LogP contribution >= 0.6 is 12.2 Å². The third-order valence-corrected chi connectivity index (χ3v) is 1.94. The van der Waals surface area contributed by atoms with Crippen molar-refractivity contribution in [2.24, 2.45) is 11.5 Å². The lowest BCUT2D eigenvalue weighted by atomic mass is 10.4. The zero-order valence-corrected chi connectivity index (χ0v) is 12.2. The Morgan fingerprint density at radius 2 is 1.65 bits per heavy atom. The maximum atomic E-state index is 5.23. The minimum atomic E-state index is 0.173. The Morgan fingerprint density at radius 1 is 1.18 bits per heavy atom. The largest absolute Gasteiger partial charge is 0.377 e. The molecule has 5 nitrogen and oxygen atoms in total. The van der Waals surface area contributed by atoms with Crippen molar-refractivity contribution < 1.29 is 9.47 Å². The maximum Gasteiger partial charge on any atom is 0.163 e. The molecule has 0 aromatic heterocycles. The van der Waals surface area contributed by atoms with Crippen LogP contribution in [0.3, 0.4) is 0 Å². The fourth-order valence-corrected chi connectivity index (χ4v) is 1.02. The van der Waals surface area contributed by atoms with Crippen molar-refractivity contribution in [1.82, 2.24) is 5.32 Å². The number of hydrogen-bond acceptors (Lipinski definition) is 4. The monoisotopic (exact) mass is 265 g/mol. The Hall–Kier alpha value is -0.430. The normalized spacial score (nSPS) is 13.2. The lowest BCUT2D eigenvalue weighted by Gasteiger charge is -2.11. The summed E-state index contributed by atoms with van der Waals surface area (Å²) in [6.07, 6.45) is 0.400. The van der Waals surface area contributed by atoms with E-state index in [0.717, 1.165) is 13.2 Å². The van der Waals surface area contributed by atoms with Crippen LogP contribution in [0.5, 0.6) is 0 Å². The van der Waals surface area contributed by atoms with E-state index in [-0.39, 0.29) is 12.2 Å². The third-order valence-electron chi connectivity index (χ3n) is 1.80. The molecule has 0 aliphatic carbocycles. The summed E-state index contributed by atoms with van der Waals surface area (Å²) in [7, 11) is 0. The predicted molar refractivity (Wildman–Crippen MR) is 76.0 cm³/mol. The predicted octanol–water partition coefficient (Wildman–Crippen LogP) is 0.615. The molecule has 0 spiro atoms. The first-order valence-corrected chi connectivity index (χ1v) is 6.35. The fraction of sp³-hybridized carbons (Fsp3) is 0.909. The summed E-state index contributed by atoms with van der Waals surface area (Å²) in [5.41, 5.74) is 10.4. The van der Waals surface area contributed by atoms with Crippen LogP contribution < -0.4 is 16.8 Å². The first kappa shape index (κ1) is 18.9. The summed E-state index contributed by atoms with van der Waals surface area (Å²) in [4.78, 5) is 0. The average Bonchev–Trinajstić information content (AvgIpc) is 2.28. The van der Waals surface area contributed by atoms with Gasteiger partial charge in [-0.2, -0.15) is 0 Å². The zero-order valence-electron chi connectivity index (χ0n) is 11.4. The Balaban J connectivity index is 0. The van der Waals surface area contributed by atoms with Gasteiger partial charge in [0.15, 0.2) is 5.11 Å². The smallest absolute Gasteiger partial charge is 0.163 e. The van der Waals surface area contributed by atoms with Crippen LogP contribution in [0, 0.1) is 0 Å². The molecule has 0 amide bonds. The summed E-state index contributed by atoms with van der Waals surface area (Å²) in [5.74, 6) is 0. The van der Waals surface area contributed by atoms with Crippen LogP contribution in [0.25, 0.3) is 0 Å². The van der Waals surface area contributed by atoms with Crippen molar-refractivity contribution in [1.29, 1.82) is 0 Å². The molecule has 0 fully saturated rings. The summed E-state index contributed by atoms with van der Waals surface area (Å²) in [6, 6.07) is 0. The van der Waals surface area contributed by atoms with Crippen molar-refractivity contribution >= 4 is 17.3 Å². The van der Waals surface area contributed by atoms with Gasteiger partial charge in [0.2, 0.25) is 0 Å². The average molecular weight is 265 g/mol. The van der Waals surface area contributed by atoms with Gasteiger partial charge >= 0.3 is 0 Å². The molecule has 0 aromatic rings. The van der Waals surface area contributed by atoms with E-state index in [1.165, 1.54) is 0 Å². The van der Waals surface area contributed by atoms with E-state index >= 15 is 0 Å². The van der Waals surface area contributed by atoms with Crippen LogP contribution in [0.1, 0.15) is 27.7 Å². The minimum absolute atomic E-state index is 0.173. The molecule has 6 heteroatoms. The molecule has 2 atom stereocenters. The number of thiocarbonyl (C=S) groups is 1. The van der Waals surface area contributed by atoms with Gasteiger partial charge in [-0.15, -0.1) is 0 Å². The number of nitrogens with one attached hydrogen (secondary N) is 1. The molecule has 2 unspecified atom stereocenters. The highest BCUT2D eigenvalue weighted by Crippen LogP contribution is 1.86. The molecule has 104 valence electrons. The van der Waals surface area contributed by atoms with Crippen molar-refractivity contribution in [3.8, 4) is 0 Å². The minimum Gasteiger partial charge on any atom is -0.377 e. The standard InChI is InChI=1S/C6H14N2OS.C5H13NO/c1-3-9-5(2)4-8-6(7)10;1-3-7-5(2)4-6/h5H,3-4H2,1-2H3,(H3,7,8,10);5H,3-4,6H2,1-2H3. The van der Waals surface area contributed by atoms with Gasteiger partial charge in [0.25, 0.3) is 0 Å². The molecular weight excluding hydrogens is 238 g/mol. The summed E-state index contributed by atoms with van der Waals surface area (Å²) >= 11 is 4.61. The van der Waals surface area contributed by atoms with E-state index in [9.17, 15) is 0 Å². The lowest BCUT2D eigenvalue weighted by Crippen LogP contribution is -2.35. The Kier molecular flexibility index (Phi) is 15.2. The van der Waals surface area contributed by atoms with Crippen LogP contribution in [0.4, 0.5) is 0 Å². The molecule has 0 aromatic carbocycles. The van der Waals surface area contributed by atoms with Crippen molar-refractivity contribution in [2.45, 2.75) is 39.9 Å². The van der Waals surface area contributed by atoms with E-state index in [1.54, 1.807) is 0 Å². The molecular formula is C11H27N3O2S. The van der Waals surface area contributed by atoms with Gasteiger partial charge in [-0.3, -0.25) is 0 Å². The molecule has 0 aliphatic rings. The SMILES string of the molecule is CCOC(C)CN.CCOC(C)CNC(N)=S. The van der Waals surface area contributed by atoms with E-state index in [2.05, 4.69) is 17.5 Å². The fourth-order valence-electron chi connectivity index (χ4n) is 0.940. The van der Waals surface area contributed by atoms with E-state index < -0.39 is 0 Å². The van der Waals surface area contributed by atoms with Crippen LogP contribution in [0.2, 0.25) is 0 Å². The van der Waals surface area contributed by atoms with Crippen molar-refractivity contribution in [3.05, 3.63) is 0 Å². The summed E-state index contributed by atoms with van der Waals surface area (Å²) in [5, 5.41) is 3.14. The number of nitrogens with two attached hydrogens (primary N) is 2. The topological polar surface area (TPSA) is 82.5 Å². The molecule has 0 aliphatic heterocycles. The second-order valence-corrected chi connectivity index (χ2v) is 3.95. The molecule has 0 bridgehead atoms. The first-order valence-electron chi connectivity index (χ1n) is 5.94. The van der Waals surface area contributed by atoms with E-state index in [4.69, 9.17) is 20.9 Å². The quantitative estimate of drug-likeness (QED) is 0.585. The van der Waals surface area contributed by atoms with E-state index in [1.807, 2.05) is 27.7 Å². The highest BCUT2D eigenvalue weighted by atomic mass is 32.1. The Labute approximate surface area is 110 Å². The maximum absolute atomic E-state index is 5.23. The van der Waals surface area contributed by atoms with Crippen LogP contribution in [0.15, 0.2) is 0 Å². The van der Waals surface area contributed by atoms with Crippen LogP contribution in [-0.4, -0.2) is 43.6 Å². The third kappa shape index (κ3) is 18.1. The Bertz CT molecular complexity index is 182. The second kappa shape index (κ2) is 13.6. The van der Waals surface area contributed by atoms with Gasteiger partial charge < -0.3 is 26.3 Å². The lowest BCUT2D eigenvalue weighted by molar-refractivity contribution is 0.0795.